The van der Waals surface area contributed by atoms with Gasteiger partial charge in [-0.25, -0.2) is 9.79 Å². The van der Waals surface area contributed by atoms with Crippen LogP contribution in [0.25, 0.3) is 6.08 Å². The lowest BCUT2D eigenvalue weighted by molar-refractivity contribution is -0.129. The zero-order valence-electron chi connectivity index (χ0n) is 17.4. The maximum Gasteiger partial charge on any atom is 0.363 e. The average molecular weight is 468 g/mol. The van der Waals surface area contributed by atoms with Gasteiger partial charge in [-0.15, -0.1) is 0 Å². The Bertz CT molecular complexity index is 1250. The van der Waals surface area contributed by atoms with Crippen LogP contribution in [-0.4, -0.2) is 19.0 Å². The first-order valence-corrected chi connectivity index (χ1v) is 10.5. The Morgan fingerprint density at radius 1 is 1.00 bits per heavy atom. The molecular formula is C25H19Cl2NO4. The quantitative estimate of drug-likeness (QED) is 0.318. The summed E-state index contributed by atoms with van der Waals surface area (Å²) < 4.78 is 16.7. The molecule has 3 aromatic carbocycles. The highest BCUT2D eigenvalue weighted by Gasteiger charge is 2.24. The summed E-state index contributed by atoms with van der Waals surface area (Å²) in [6, 6.07) is 18.4. The van der Waals surface area contributed by atoms with E-state index in [1.165, 1.54) is 5.56 Å². The van der Waals surface area contributed by atoms with Crippen LogP contribution in [0, 0.1) is 6.92 Å². The van der Waals surface area contributed by atoms with E-state index in [0.29, 0.717) is 33.7 Å². The minimum absolute atomic E-state index is 0.168. The first-order chi connectivity index (χ1) is 15.4. The van der Waals surface area contributed by atoms with Gasteiger partial charge in [0.15, 0.2) is 17.2 Å². The fourth-order valence-electron chi connectivity index (χ4n) is 3.18. The highest BCUT2D eigenvalue weighted by atomic mass is 35.5. The van der Waals surface area contributed by atoms with Crippen LogP contribution in [0.2, 0.25) is 10.0 Å². The fourth-order valence-corrected chi connectivity index (χ4v) is 3.47. The average Bonchev–Trinajstić information content (AvgIpc) is 3.14. The molecule has 0 aromatic heterocycles. The third-order valence-electron chi connectivity index (χ3n) is 4.75. The number of hydrogen-bond acceptors (Lipinski definition) is 5. The number of hydrogen-bond donors (Lipinski definition) is 0. The Morgan fingerprint density at radius 2 is 1.84 bits per heavy atom. The molecule has 0 bridgehead atoms. The number of aliphatic imine (C=N–C) groups is 1. The van der Waals surface area contributed by atoms with Crippen molar-refractivity contribution in [2.45, 2.75) is 13.5 Å². The van der Waals surface area contributed by atoms with Crippen molar-refractivity contribution in [1.82, 2.24) is 0 Å². The van der Waals surface area contributed by atoms with E-state index in [0.717, 1.165) is 11.1 Å². The Hall–Kier alpha value is -3.28. The van der Waals surface area contributed by atoms with Gasteiger partial charge in [0.05, 0.1) is 17.2 Å². The van der Waals surface area contributed by atoms with E-state index >= 15 is 0 Å². The number of carbonyl (C=O) groups is 1. The predicted octanol–water partition coefficient (Wildman–Crippen LogP) is 6.23. The summed E-state index contributed by atoms with van der Waals surface area (Å²) in [5.41, 5.74) is 3.69. The van der Waals surface area contributed by atoms with Gasteiger partial charge >= 0.3 is 5.97 Å². The van der Waals surface area contributed by atoms with Crippen LogP contribution in [0.1, 0.15) is 22.3 Å². The van der Waals surface area contributed by atoms with Crippen molar-refractivity contribution in [3.8, 4) is 11.5 Å². The summed E-state index contributed by atoms with van der Waals surface area (Å²) in [6.45, 7) is 2.46. The van der Waals surface area contributed by atoms with Gasteiger partial charge in [-0.2, -0.15) is 0 Å². The largest absolute Gasteiger partial charge is 0.493 e. The van der Waals surface area contributed by atoms with Crippen LogP contribution in [0.15, 0.2) is 71.4 Å². The standard InChI is InChI=1S/C25H19Cl2NO4/c1-15-4-3-5-17(10-15)14-31-22-9-6-16(12-23(22)30-2)11-21-25(29)32-24(28-21)18-7-8-19(26)20(27)13-18/h3-13H,14H2,1-2H3/b21-11-. The fraction of sp³-hybridized carbons (Fsp3) is 0.120. The van der Waals surface area contributed by atoms with Crippen molar-refractivity contribution < 1.29 is 19.0 Å². The molecule has 4 rings (SSSR count). The molecule has 32 heavy (non-hydrogen) atoms. The Balaban J connectivity index is 1.54. The summed E-state index contributed by atoms with van der Waals surface area (Å²) in [5.74, 6) is 0.770. The van der Waals surface area contributed by atoms with Crippen molar-refractivity contribution in [2.75, 3.05) is 7.11 Å². The van der Waals surface area contributed by atoms with E-state index in [1.807, 2.05) is 31.2 Å². The zero-order chi connectivity index (χ0) is 22.7. The molecule has 0 N–H and O–H groups in total. The van der Waals surface area contributed by atoms with Gasteiger partial charge in [-0.3, -0.25) is 0 Å². The molecule has 5 nitrogen and oxygen atoms in total. The molecule has 0 saturated carbocycles. The van der Waals surface area contributed by atoms with Gasteiger partial charge in [0, 0.05) is 5.56 Å². The van der Waals surface area contributed by atoms with Crippen LogP contribution in [0.3, 0.4) is 0 Å². The van der Waals surface area contributed by atoms with Gasteiger partial charge in [-0.05, 0) is 54.5 Å². The molecular weight excluding hydrogens is 449 g/mol. The van der Waals surface area contributed by atoms with E-state index in [2.05, 4.69) is 11.1 Å². The maximum atomic E-state index is 12.3. The highest BCUT2D eigenvalue weighted by molar-refractivity contribution is 6.42. The van der Waals surface area contributed by atoms with Gasteiger partial charge < -0.3 is 14.2 Å². The van der Waals surface area contributed by atoms with Gasteiger partial charge in [0.1, 0.15) is 6.61 Å². The zero-order valence-corrected chi connectivity index (χ0v) is 18.9. The molecule has 0 fully saturated rings. The molecule has 3 aromatic rings. The molecule has 0 atom stereocenters. The first kappa shape index (κ1) is 21.9. The van der Waals surface area contributed by atoms with E-state index in [4.69, 9.17) is 37.4 Å². The van der Waals surface area contributed by atoms with Crippen LogP contribution < -0.4 is 9.47 Å². The molecule has 1 heterocycles. The van der Waals surface area contributed by atoms with Gasteiger partial charge in [0.25, 0.3) is 0 Å². The minimum atomic E-state index is -0.551. The number of cyclic esters (lactones) is 1. The smallest absolute Gasteiger partial charge is 0.363 e. The number of halogens is 2. The number of aryl methyl sites for hydroxylation is 1. The summed E-state index contributed by atoms with van der Waals surface area (Å²) in [7, 11) is 1.57. The molecule has 0 aliphatic carbocycles. The Labute approximate surface area is 195 Å². The second kappa shape index (κ2) is 9.47. The van der Waals surface area contributed by atoms with E-state index < -0.39 is 5.97 Å². The van der Waals surface area contributed by atoms with Crippen LogP contribution in [0.5, 0.6) is 11.5 Å². The second-order valence-electron chi connectivity index (χ2n) is 7.15. The van der Waals surface area contributed by atoms with Crippen LogP contribution in [-0.2, 0) is 16.1 Å². The van der Waals surface area contributed by atoms with Gasteiger partial charge in [0.2, 0.25) is 5.90 Å². The van der Waals surface area contributed by atoms with Crippen molar-refractivity contribution in [1.29, 1.82) is 0 Å². The SMILES string of the molecule is COc1cc(/C=C2\N=C(c3ccc(Cl)c(Cl)c3)OC2=O)ccc1OCc1cccc(C)c1. The number of esters is 1. The highest BCUT2D eigenvalue weighted by Crippen LogP contribution is 2.31. The monoisotopic (exact) mass is 467 g/mol. The molecule has 162 valence electrons. The van der Waals surface area contributed by atoms with Crippen molar-refractivity contribution in [2.24, 2.45) is 4.99 Å². The molecule has 0 unspecified atom stereocenters. The molecule has 7 heteroatoms. The molecule has 0 radical (unpaired) electrons. The molecule has 0 spiro atoms. The van der Waals surface area contributed by atoms with Crippen molar-refractivity contribution >= 4 is 41.1 Å². The maximum absolute atomic E-state index is 12.3. The van der Waals surface area contributed by atoms with E-state index in [-0.39, 0.29) is 11.6 Å². The molecule has 1 aliphatic rings. The molecule has 0 amide bonds. The second-order valence-corrected chi connectivity index (χ2v) is 7.97. The number of carbonyl (C=O) groups excluding carboxylic acids is 1. The number of benzene rings is 3. The Kier molecular flexibility index (Phi) is 6.49. The number of methoxy groups -OCH3 is 1. The first-order valence-electron chi connectivity index (χ1n) is 9.77. The van der Waals surface area contributed by atoms with Crippen LogP contribution in [0.4, 0.5) is 0 Å². The minimum Gasteiger partial charge on any atom is -0.493 e. The topological polar surface area (TPSA) is 57.1 Å². The number of rotatable bonds is 6. The number of nitrogens with zero attached hydrogens (tertiary/aromatic N) is 1. The third-order valence-corrected chi connectivity index (χ3v) is 5.49. The predicted molar refractivity (Wildman–Crippen MR) is 126 cm³/mol. The summed E-state index contributed by atoms with van der Waals surface area (Å²) >= 11 is 12.0. The summed E-state index contributed by atoms with van der Waals surface area (Å²) in [5, 5.41) is 0.763. The summed E-state index contributed by atoms with van der Waals surface area (Å²) in [4.78, 5) is 16.6. The van der Waals surface area contributed by atoms with Crippen LogP contribution >= 0.6 is 23.2 Å². The third kappa shape index (κ3) is 4.96. The van der Waals surface area contributed by atoms with E-state index in [9.17, 15) is 4.79 Å². The van der Waals surface area contributed by atoms with Crippen molar-refractivity contribution in [3.05, 3.63) is 98.7 Å². The summed E-state index contributed by atoms with van der Waals surface area (Å²) in [6.07, 6.45) is 1.62. The normalized spacial score (nSPS) is 14.3. The molecule has 0 saturated heterocycles. The van der Waals surface area contributed by atoms with Crippen molar-refractivity contribution in [3.63, 3.8) is 0 Å². The number of ether oxygens (including phenoxy) is 3. The molecule has 1 aliphatic heterocycles. The van der Waals surface area contributed by atoms with E-state index in [1.54, 1.807) is 43.5 Å². The van der Waals surface area contributed by atoms with Gasteiger partial charge in [-0.1, -0.05) is 59.1 Å². The lowest BCUT2D eigenvalue weighted by atomic mass is 10.1. The lowest BCUT2D eigenvalue weighted by Crippen LogP contribution is -2.05. The lowest BCUT2D eigenvalue weighted by Gasteiger charge is -2.12. The Morgan fingerprint density at radius 3 is 2.59 bits per heavy atom.